The van der Waals surface area contributed by atoms with Crippen molar-refractivity contribution < 1.29 is 27.5 Å². The fourth-order valence-electron chi connectivity index (χ4n) is 2.37. The SMILES string of the molecule is CC(C)(C)OC(=O)C(N)(CC/C=C/S(=O)(=O)Cl)C(=O)OC(C)(C)c1ccccc1. The molecule has 1 aromatic carbocycles. The molecule has 0 heterocycles. The van der Waals surface area contributed by atoms with E-state index >= 15 is 0 Å². The summed E-state index contributed by atoms with van der Waals surface area (Å²) in [6.07, 6.45) is 0.973. The number of nitrogens with two attached hydrogens (primary N) is 1. The molecule has 1 unspecified atom stereocenters. The highest BCUT2D eigenvalue weighted by Gasteiger charge is 2.48. The van der Waals surface area contributed by atoms with Crippen LogP contribution in [0, 0.1) is 0 Å². The number of halogens is 1. The van der Waals surface area contributed by atoms with Crippen LogP contribution < -0.4 is 5.73 Å². The molecule has 0 saturated heterocycles. The van der Waals surface area contributed by atoms with Crippen LogP contribution in [0.25, 0.3) is 0 Å². The smallest absolute Gasteiger partial charge is 0.338 e. The van der Waals surface area contributed by atoms with E-state index in [2.05, 4.69) is 0 Å². The number of carbonyl (C=O) groups is 2. The lowest BCUT2D eigenvalue weighted by Gasteiger charge is -2.33. The zero-order valence-electron chi connectivity index (χ0n) is 17.3. The molecule has 1 aromatic rings. The number of hydrogen-bond donors (Lipinski definition) is 1. The molecule has 1 atom stereocenters. The van der Waals surface area contributed by atoms with Crippen LogP contribution in [0.15, 0.2) is 41.8 Å². The summed E-state index contributed by atoms with van der Waals surface area (Å²) in [6.45, 7) is 8.28. The maximum absolute atomic E-state index is 13.0. The normalized spacial score (nSPS) is 15.0. The van der Waals surface area contributed by atoms with E-state index in [0.29, 0.717) is 5.56 Å². The van der Waals surface area contributed by atoms with Crippen molar-refractivity contribution in [3.05, 3.63) is 47.4 Å². The fraction of sp³-hybridized carbons (Fsp3) is 0.500. The van der Waals surface area contributed by atoms with Crippen molar-refractivity contribution in [1.82, 2.24) is 0 Å². The first kappa shape index (κ1) is 25.1. The first-order valence-electron chi connectivity index (χ1n) is 8.99. The second-order valence-corrected chi connectivity index (χ2v) is 10.6. The number of esters is 2. The molecule has 0 saturated carbocycles. The first-order valence-corrected chi connectivity index (χ1v) is 11.4. The van der Waals surface area contributed by atoms with E-state index in [0.717, 1.165) is 5.41 Å². The molecule has 29 heavy (non-hydrogen) atoms. The van der Waals surface area contributed by atoms with Crippen molar-refractivity contribution in [1.29, 1.82) is 0 Å². The van der Waals surface area contributed by atoms with Crippen LogP contribution in [0.1, 0.15) is 53.0 Å². The van der Waals surface area contributed by atoms with Gasteiger partial charge in [0.2, 0.25) is 5.54 Å². The summed E-state index contributed by atoms with van der Waals surface area (Å²) in [6, 6.07) is 8.99. The number of allylic oxidation sites excluding steroid dienone is 1. The van der Waals surface area contributed by atoms with Crippen molar-refractivity contribution in [3.8, 4) is 0 Å². The summed E-state index contributed by atoms with van der Waals surface area (Å²) < 4.78 is 32.9. The number of hydrogen-bond acceptors (Lipinski definition) is 7. The summed E-state index contributed by atoms with van der Waals surface area (Å²) >= 11 is 0. The summed E-state index contributed by atoms with van der Waals surface area (Å²) in [5.41, 5.74) is 2.81. The molecule has 0 spiro atoms. The van der Waals surface area contributed by atoms with Crippen molar-refractivity contribution >= 4 is 31.7 Å². The number of ether oxygens (including phenoxy) is 2. The maximum Gasteiger partial charge on any atom is 0.338 e. The van der Waals surface area contributed by atoms with Gasteiger partial charge in [0.1, 0.15) is 11.2 Å². The van der Waals surface area contributed by atoms with Gasteiger partial charge in [0, 0.05) is 16.1 Å². The van der Waals surface area contributed by atoms with Crippen molar-refractivity contribution in [2.45, 2.75) is 64.2 Å². The first-order chi connectivity index (χ1) is 13.1. The fourth-order valence-corrected chi connectivity index (χ4v) is 2.96. The van der Waals surface area contributed by atoms with Gasteiger partial charge in [-0.15, -0.1) is 0 Å². The minimum Gasteiger partial charge on any atom is -0.458 e. The van der Waals surface area contributed by atoms with Gasteiger partial charge in [0.15, 0.2) is 0 Å². The maximum atomic E-state index is 13.0. The molecule has 7 nitrogen and oxygen atoms in total. The Labute approximate surface area is 176 Å². The highest BCUT2D eigenvalue weighted by Crippen LogP contribution is 2.28. The van der Waals surface area contributed by atoms with Gasteiger partial charge in [-0.2, -0.15) is 0 Å². The molecule has 0 radical (unpaired) electrons. The predicted octanol–water partition coefficient (Wildman–Crippen LogP) is 3.37. The summed E-state index contributed by atoms with van der Waals surface area (Å²) in [5.74, 6) is -1.93. The lowest BCUT2D eigenvalue weighted by atomic mass is 9.92. The van der Waals surface area contributed by atoms with Gasteiger partial charge in [-0.1, -0.05) is 36.4 Å². The van der Waals surface area contributed by atoms with Gasteiger partial charge in [-0.25, -0.2) is 18.0 Å². The summed E-state index contributed by atoms with van der Waals surface area (Å²) in [7, 11) is 1.26. The minimum atomic E-state index is -3.86. The molecule has 0 fully saturated rings. The van der Waals surface area contributed by atoms with Gasteiger partial charge in [-0.05, 0) is 53.0 Å². The lowest BCUT2D eigenvalue weighted by molar-refractivity contribution is -0.178. The highest BCUT2D eigenvalue weighted by atomic mass is 35.7. The highest BCUT2D eigenvalue weighted by molar-refractivity contribution is 8.16. The third kappa shape index (κ3) is 8.16. The summed E-state index contributed by atoms with van der Waals surface area (Å²) in [4.78, 5) is 25.7. The van der Waals surface area contributed by atoms with Crippen LogP contribution in [0.4, 0.5) is 0 Å². The molecule has 2 N–H and O–H groups in total. The van der Waals surface area contributed by atoms with Crippen molar-refractivity contribution in [2.75, 3.05) is 0 Å². The van der Waals surface area contributed by atoms with Gasteiger partial charge in [-0.3, -0.25) is 0 Å². The molecule has 162 valence electrons. The average Bonchev–Trinajstić information content (AvgIpc) is 2.56. The second-order valence-electron chi connectivity index (χ2n) is 8.13. The lowest BCUT2D eigenvalue weighted by Crippen LogP contribution is -2.58. The zero-order valence-corrected chi connectivity index (χ0v) is 18.8. The molecule has 0 amide bonds. The Balaban J connectivity index is 3.12. The van der Waals surface area contributed by atoms with E-state index in [1.165, 1.54) is 6.08 Å². The van der Waals surface area contributed by atoms with Crippen LogP contribution in [0.5, 0.6) is 0 Å². The van der Waals surface area contributed by atoms with E-state index in [4.69, 9.17) is 25.9 Å². The molecule has 0 aromatic heterocycles. The van der Waals surface area contributed by atoms with Crippen molar-refractivity contribution in [2.24, 2.45) is 5.73 Å². The van der Waals surface area contributed by atoms with Gasteiger partial charge in [0.25, 0.3) is 9.05 Å². The monoisotopic (exact) mass is 445 g/mol. The molecular weight excluding hydrogens is 418 g/mol. The van der Waals surface area contributed by atoms with Gasteiger partial charge >= 0.3 is 11.9 Å². The van der Waals surface area contributed by atoms with Crippen molar-refractivity contribution in [3.63, 3.8) is 0 Å². The van der Waals surface area contributed by atoms with E-state index in [9.17, 15) is 18.0 Å². The van der Waals surface area contributed by atoms with E-state index in [1.807, 2.05) is 6.07 Å². The average molecular weight is 446 g/mol. The largest absolute Gasteiger partial charge is 0.458 e. The number of rotatable bonds is 8. The Morgan fingerprint density at radius 3 is 2.03 bits per heavy atom. The number of benzene rings is 1. The van der Waals surface area contributed by atoms with Crippen LogP contribution in [0.2, 0.25) is 0 Å². The number of carbonyl (C=O) groups excluding carboxylic acids is 2. The van der Waals surface area contributed by atoms with Gasteiger partial charge < -0.3 is 15.2 Å². The third-order valence-corrected chi connectivity index (χ3v) is 4.73. The zero-order chi connectivity index (χ0) is 22.5. The molecule has 9 heteroatoms. The Kier molecular flexibility index (Phi) is 8.04. The standard InChI is InChI=1S/C20H28ClNO6S/c1-18(2,3)27-16(23)20(22,13-9-10-14-29(21,25)26)17(24)28-19(4,5)15-11-7-6-8-12-15/h6-8,10-12,14H,9,13,22H2,1-5H3/b14-10+. The van der Waals surface area contributed by atoms with Crippen LogP contribution >= 0.6 is 10.7 Å². The Bertz CT molecular complexity index is 859. The third-order valence-electron chi connectivity index (χ3n) is 3.91. The van der Waals surface area contributed by atoms with Crippen LogP contribution in [-0.2, 0) is 33.7 Å². The van der Waals surface area contributed by atoms with E-state index < -0.39 is 37.7 Å². The summed E-state index contributed by atoms with van der Waals surface area (Å²) in [5, 5.41) is 0.767. The quantitative estimate of drug-likeness (QED) is 0.370. The Hall–Kier alpha value is -1.90. The molecular formula is C20H28ClNO6S. The molecule has 0 aliphatic heterocycles. The molecule has 0 aliphatic carbocycles. The Morgan fingerprint density at radius 2 is 1.55 bits per heavy atom. The predicted molar refractivity (Wildman–Crippen MR) is 111 cm³/mol. The van der Waals surface area contributed by atoms with E-state index in [1.54, 1.807) is 58.9 Å². The van der Waals surface area contributed by atoms with Crippen LogP contribution in [0.3, 0.4) is 0 Å². The second kappa shape index (κ2) is 9.28. The molecule has 1 rings (SSSR count). The topological polar surface area (TPSA) is 113 Å². The molecule has 0 bridgehead atoms. The molecule has 0 aliphatic rings. The minimum absolute atomic E-state index is 0.0114. The Morgan fingerprint density at radius 1 is 1.03 bits per heavy atom. The van der Waals surface area contributed by atoms with Gasteiger partial charge in [0.05, 0.1) is 0 Å². The van der Waals surface area contributed by atoms with E-state index in [-0.39, 0.29) is 12.8 Å². The van der Waals surface area contributed by atoms with Crippen LogP contribution in [-0.4, -0.2) is 31.5 Å².